The Morgan fingerprint density at radius 1 is 0.900 bits per heavy atom. The summed E-state index contributed by atoms with van der Waals surface area (Å²) in [5.41, 5.74) is 2.74. The van der Waals surface area contributed by atoms with Gasteiger partial charge in [-0.15, -0.1) is 0 Å². The van der Waals surface area contributed by atoms with Crippen LogP contribution in [0.15, 0.2) is 24.3 Å². The van der Waals surface area contributed by atoms with Crippen molar-refractivity contribution in [1.29, 1.82) is 0 Å². The van der Waals surface area contributed by atoms with Crippen molar-refractivity contribution < 1.29 is 38.7 Å². The van der Waals surface area contributed by atoms with Gasteiger partial charge in [0.25, 0.3) is 0 Å². The van der Waals surface area contributed by atoms with Gasteiger partial charge in [-0.05, 0) is 0 Å². The van der Waals surface area contributed by atoms with E-state index in [9.17, 15) is 0 Å². The molecule has 10 heavy (non-hydrogen) atoms. The van der Waals surface area contributed by atoms with Crippen LogP contribution in [0.25, 0.3) is 0 Å². The van der Waals surface area contributed by atoms with Crippen LogP contribution in [0.5, 0.6) is 0 Å². The molecule has 1 aromatic rings. The van der Waals surface area contributed by atoms with Crippen LogP contribution in [0, 0.1) is 0 Å². The molecule has 2 heteroatoms. The summed E-state index contributed by atoms with van der Waals surface area (Å²) in [6.07, 6.45) is 0. The fourth-order valence-corrected chi connectivity index (χ4v) is 2.27. The number of hydrogen-bond donors (Lipinski definition) is 0. The number of rotatable bonds is 2. The first kappa shape index (κ1) is 8.43. The van der Waals surface area contributed by atoms with Crippen molar-refractivity contribution in [1.82, 2.24) is 0 Å². The van der Waals surface area contributed by atoms with Crippen molar-refractivity contribution in [3.05, 3.63) is 35.4 Å². The van der Waals surface area contributed by atoms with Gasteiger partial charge in [0.05, 0.1) is 0 Å². The minimum atomic E-state index is 1.37. The zero-order chi connectivity index (χ0) is 7.40. The monoisotopic (exact) mass is 470 g/mol. The Morgan fingerprint density at radius 3 is 1.60 bits per heavy atom. The van der Waals surface area contributed by atoms with Crippen molar-refractivity contribution in [3.8, 4) is 0 Å². The Hall–Kier alpha value is 0.337. The van der Waals surface area contributed by atoms with Crippen LogP contribution in [0.2, 0.25) is 0 Å². The molecule has 0 saturated carbocycles. The van der Waals surface area contributed by atoms with Gasteiger partial charge in [0, 0.05) is 0 Å². The van der Waals surface area contributed by atoms with Gasteiger partial charge >= 0.3 is 82.9 Å². The second-order valence-electron chi connectivity index (χ2n) is 1.86. The normalized spacial score (nSPS) is 8.80. The predicted octanol–water partition coefficient (Wildman–Crippen LogP) is 1.08. The molecule has 0 heterocycles. The molecular formula is C8H6W2. The zero-order valence-corrected chi connectivity index (χ0v) is 11.1. The van der Waals surface area contributed by atoms with E-state index in [1.54, 1.807) is 0 Å². The van der Waals surface area contributed by atoms with E-state index in [4.69, 9.17) is 0 Å². The van der Waals surface area contributed by atoms with Crippen molar-refractivity contribution in [2.75, 3.05) is 0 Å². The average Bonchev–Trinajstić information content (AvgIpc) is 2.04. The van der Waals surface area contributed by atoms with Crippen LogP contribution in [0.3, 0.4) is 0 Å². The number of hydrogen-bond acceptors (Lipinski definition) is 0. The Labute approximate surface area is 82.5 Å². The van der Waals surface area contributed by atoms with Crippen LogP contribution in [-0.2, 0) is 38.7 Å². The van der Waals surface area contributed by atoms with Crippen LogP contribution < -0.4 is 0 Å². The molecule has 1 rings (SSSR count). The first-order chi connectivity index (χ1) is 4.88. The molecule has 50 valence electrons. The van der Waals surface area contributed by atoms with E-state index < -0.39 is 0 Å². The maximum atomic E-state index is 2.22. The molecule has 1 aromatic carbocycles. The summed E-state index contributed by atoms with van der Waals surface area (Å²) in [4.78, 5) is 0. The molecule has 0 unspecified atom stereocenters. The van der Waals surface area contributed by atoms with E-state index in [1.165, 1.54) is 49.8 Å². The van der Waals surface area contributed by atoms with Crippen molar-refractivity contribution in [2.45, 2.75) is 0 Å². The van der Waals surface area contributed by atoms with Crippen molar-refractivity contribution in [2.24, 2.45) is 0 Å². The zero-order valence-electron chi connectivity index (χ0n) is 5.28. The van der Waals surface area contributed by atoms with Gasteiger partial charge in [0.15, 0.2) is 0 Å². The van der Waals surface area contributed by atoms with E-state index in [-0.39, 0.29) is 0 Å². The SMILES string of the molecule is [W]=[CH]c1ccccc1[CH]=[W]. The van der Waals surface area contributed by atoms with Gasteiger partial charge < -0.3 is 0 Å². The van der Waals surface area contributed by atoms with Gasteiger partial charge in [-0.2, -0.15) is 0 Å². The first-order valence-corrected chi connectivity index (χ1v) is 6.26. The molecule has 0 saturated heterocycles. The number of benzene rings is 1. The van der Waals surface area contributed by atoms with Crippen LogP contribution in [-0.4, -0.2) is 8.80 Å². The summed E-state index contributed by atoms with van der Waals surface area (Å²) in [6, 6.07) is 8.47. The van der Waals surface area contributed by atoms with Gasteiger partial charge in [0.2, 0.25) is 0 Å². The van der Waals surface area contributed by atoms with Gasteiger partial charge in [-0.25, -0.2) is 0 Å². The van der Waals surface area contributed by atoms with Gasteiger partial charge in [-0.1, -0.05) is 0 Å². The third-order valence-electron chi connectivity index (χ3n) is 1.25. The molecule has 0 nitrogen and oxygen atoms in total. The summed E-state index contributed by atoms with van der Waals surface area (Å²) < 4.78 is 4.43. The molecule has 0 radical (unpaired) electrons. The Kier molecular flexibility index (Phi) is 3.60. The van der Waals surface area contributed by atoms with Crippen molar-refractivity contribution in [3.63, 3.8) is 0 Å². The Morgan fingerprint density at radius 2 is 1.30 bits per heavy atom. The molecule has 0 spiro atoms. The molecule has 0 N–H and O–H groups in total. The summed E-state index contributed by atoms with van der Waals surface area (Å²) in [6.45, 7) is 0. The molecule has 0 aromatic heterocycles. The second-order valence-corrected chi connectivity index (χ2v) is 3.56. The summed E-state index contributed by atoms with van der Waals surface area (Å²) in [5, 5.41) is 0. The third kappa shape index (κ3) is 1.91. The van der Waals surface area contributed by atoms with E-state index in [1.807, 2.05) is 0 Å². The minimum absolute atomic E-state index is 1.37. The predicted molar refractivity (Wildman–Crippen MR) is 36.8 cm³/mol. The van der Waals surface area contributed by atoms with Gasteiger partial charge in [-0.3, -0.25) is 0 Å². The first-order valence-electron chi connectivity index (χ1n) is 2.88. The van der Waals surface area contributed by atoms with E-state index in [2.05, 4.69) is 33.1 Å². The van der Waals surface area contributed by atoms with Crippen molar-refractivity contribution >= 4 is 8.80 Å². The summed E-state index contributed by atoms with van der Waals surface area (Å²) in [7, 11) is 0. The summed E-state index contributed by atoms with van der Waals surface area (Å²) in [5.74, 6) is 0. The van der Waals surface area contributed by atoms with E-state index in [0.717, 1.165) is 0 Å². The molecule has 0 aliphatic rings. The maximum absolute atomic E-state index is 2.22. The van der Waals surface area contributed by atoms with E-state index >= 15 is 0 Å². The van der Waals surface area contributed by atoms with Crippen LogP contribution in [0.4, 0.5) is 0 Å². The molecule has 0 atom stereocenters. The Bertz CT molecular complexity index is 226. The van der Waals surface area contributed by atoms with E-state index in [0.29, 0.717) is 0 Å². The fourth-order valence-electron chi connectivity index (χ4n) is 0.726. The molecule has 0 fully saturated rings. The third-order valence-corrected chi connectivity index (χ3v) is 3.07. The standard InChI is InChI=1S/C8H6.2W/c1-7-5-3-4-6-8(7)2;;/h1-6H;;. The van der Waals surface area contributed by atoms with Crippen LogP contribution >= 0.6 is 0 Å². The van der Waals surface area contributed by atoms with Gasteiger partial charge in [0.1, 0.15) is 0 Å². The topological polar surface area (TPSA) is 0 Å². The molecule has 0 aliphatic heterocycles. The molecule has 0 bridgehead atoms. The Balaban J connectivity index is 3.20. The fraction of sp³-hybridized carbons (Fsp3) is 0. The van der Waals surface area contributed by atoms with Crippen LogP contribution in [0.1, 0.15) is 11.1 Å². The second kappa shape index (κ2) is 4.26. The quantitative estimate of drug-likeness (QED) is 0.608. The molecular weight excluding hydrogens is 464 g/mol. The summed E-state index contributed by atoms with van der Waals surface area (Å²) >= 11 is 3.03. The molecule has 0 amide bonds. The molecule has 0 aliphatic carbocycles. The average molecular weight is 470 g/mol.